The van der Waals surface area contributed by atoms with Crippen molar-refractivity contribution in [1.29, 1.82) is 0 Å². The van der Waals surface area contributed by atoms with Crippen LogP contribution in [0.1, 0.15) is 20.8 Å². The van der Waals surface area contributed by atoms with Crippen LogP contribution in [-0.4, -0.2) is 27.3 Å². The monoisotopic (exact) mass is 367 g/mol. The third-order valence-electron chi connectivity index (χ3n) is 3.92. The molecule has 0 saturated carbocycles. The molecule has 0 aliphatic carbocycles. The number of nitro benzene ring substituents is 1. The van der Waals surface area contributed by atoms with Gasteiger partial charge < -0.3 is 4.90 Å². The number of hydrogen-bond acceptors (Lipinski definition) is 5. The van der Waals surface area contributed by atoms with Gasteiger partial charge in [0.1, 0.15) is 0 Å². The van der Waals surface area contributed by atoms with Gasteiger partial charge in [0, 0.05) is 48.1 Å². The van der Waals surface area contributed by atoms with Crippen molar-refractivity contribution >= 4 is 22.9 Å². The molecular formula is C19H17N3O3S. The Labute approximate surface area is 154 Å². The van der Waals surface area contributed by atoms with Crippen molar-refractivity contribution in [3.05, 3.63) is 92.4 Å². The highest BCUT2D eigenvalue weighted by molar-refractivity contribution is 7.09. The number of non-ortho nitro benzene ring substituents is 1. The standard InChI is InChI=1S/C19H17N3O3S/c23-19(16-5-7-17(8-6-16)22(24)25)21(11-9-18-4-2-12-26-18)14-15-3-1-10-20-13-15/h1-8,10,12-13H,9,11,14H2. The smallest absolute Gasteiger partial charge is 0.269 e. The van der Waals surface area contributed by atoms with Gasteiger partial charge in [-0.3, -0.25) is 19.9 Å². The molecule has 2 aromatic heterocycles. The topological polar surface area (TPSA) is 76.3 Å². The first-order chi connectivity index (χ1) is 12.6. The first kappa shape index (κ1) is 17.8. The van der Waals surface area contributed by atoms with E-state index in [4.69, 9.17) is 0 Å². The lowest BCUT2D eigenvalue weighted by Crippen LogP contribution is -2.32. The second kappa shape index (κ2) is 8.35. The molecule has 26 heavy (non-hydrogen) atoms. The Morgan fingerprint density at radius 2 is 1.96 bits per heavy atom. The normalized spacial score (nSPS) is 10.5. The maximum absolute atomic E-state index is 12.9. The quantitative estimate of drug-likeness (QED) is 0.468. The molecular weight excluding hydrogens is 350 g/mol. The van der Waals surface area contributed by atoms with Gasteiger partial charge in [-0.25, -0.2) is 0 Å². The number of rotatable bonds is 7. The van der Waals surface area contributed by atoms with Crippen LogP contribution in [0.25, 0.3) is 0 Å². The molecule has 0 bridgehead atoms. The number of nitrogens with zero attached hydrogens (tertiary/aromatic N) is 3. The predicted molar refractivity (Wildman–Crippen MR) is 100 cm³/mol. The molecule has 1 amide bonds. The summed E-state index contributed by atoms with van der Waals surface area (Å²) in [4.78, 5) is 30.3. The van der Waals surface area contributed by atoms with Gasteiger partial charge in [0.05, 0.1) is 4.92 Å². The van der Waals surface area contributed by atoms with E-state index >= 15 is 0 Å². The Morgan fingerprint density at radius 1 is 1.15 bits per heavy atom. The van der Waals surface area contributed by atoms with Crippen LogP contribution < -0.4 is 0 Å². The van der Waals surface area contributed by atoms with Gasteiger partial charge in [-0.15, -0.1) is 11.3 Å². The van der Waals surface area contributed by atoms with E-state index < -0.39 is 4.92 Å². The molecule has 3 rings (SSSR count). The van der Waals surface area contributed by atoms with Crippen LogP contribution in [0.3, 0.4) is 0 Å². The first-order valence-electron chi connectivity index (χ1n) is 8.08. The van der Waals surface area contributed by atoms with Crippen LogP contribution in [0.2, 0.25) is 0 Å². The minimum Gasteiger partial charge on any atom is -0.334 e. The molecule has 3 aromatic rings. The van der Waals surface area contributed by atoms with E-state index in [1.54, 1.807) is 28.6 Å². The van der Waals surface area contributed by atoms with Crippen molar-refractivity contribution < 1.29 is 9.72 Å². The van der Waals surface area contributed by atoms with Gasteiger partial charge in [-0.2, -0.15) is 0 Å². The SMILES string of the molecule is O=C(c1ccc([N+](=O)[O-])cc1)N(CCc1cccs1)Cc1cccnc1. The van der Waals surface area contributed by atoms with Crippen LogP contribution in [0, 0.1) is 10.1 Å². The Kier molecular flexibility index (Phi) is 5.70. The summed E-state index contributed by atoms with van der Waals surface area (Å²) in [5.74, 6) is -0.152. The largest absolute Gasteiger partial charge is 0.334 e. The van der Waals surface area contributed by atoms with E-state index in [1.165, 1.54) is 29.1 Å². The van der Waals surface area contributed by atoms with Crippen LogP contribution >= 0.6 is 11.3 Å². The average Bonchev–Trinajstić information content (AvgIpc) is 3.19. The molecule has 7 heteroatoms. The van der Waals surface area contributed by atoms with E-state index in [1.807, 2.05) is 29.6 Å². The molecule has 0 aliphatic heterocycles. The summed E-state index contributed by atoms with van der Waals surface area (Å²) in [6.07, 6.45) is 4.19. The average molecular weight is 367 g/mol. The zero-order valence-corrected chi connectivity index (χ0v) is 14.8. The van der Waals surface area contributed by atoms with Crippen molar-refractivity contribution in [2.45, 2.75) is 13.0 Å². The fraction of sp³-hybridized carbons (Fsp3) is 0.158. The molecule has 0 saturated heterocycles. The number of carbonyl (C=O) groups is 1. The molecule has 0 N–H and O–H groups in total. The second-order valence-corrected chi connectivity index (χ2v) is 6.75. The Hall–Kier alpha value is -3.06. The maximum atomic E-state index is 12.9. The highest BCUT2D eigenvalue weighted by Gasteiger charge is 2.17. The van der Waals surface area contributed by atoms with Gasteiger partial charge in [0.2, 0.25) is 0 Å². The highest BCUT2D eigenvalue weighted by Crippen LogP contribution is 2.16. The highest BCUT2D eigenvalue weighted by atomic mass is 32.1. The Morgan fingerprint density at radius 3 is 2.58 bits per heavy atom. The minimum absolute atomic E-state index is 0.0288. The van der Waals surface area contributed by atoms with Gasteiger partial charge in [-0.05, 0) is 41.6 Å². The van der Waals surface area contributed by atoms with Crippen LogP contribution in [0.4, 0.5) is 5.69 Å². The lowest BCUT2D eigenvalue weighted by molar-refractivity contribution is -0.384. The first-order valence-corrected chi connectivity index (χ1v) is 8.96. The molecule has 2 heterocycles. The van der Waals surface area contributed by atoms with Gasteiger partial charge >= 0.3 is 0 Å². The third-order valence-corrected chi connectivity index (χ3v) is 4.85. The van der Waals surface area contributed by atoms with Crippen LogP contribution in [0.15, 0.2) is 66.3 Å². The molecule has 0 radical (unpaired) electrons. The van der Waals surface area contributed by atoms with E-state index in [0.29, 0.717) is 18.7 Å². The molecule has 6 nitrogen and oxygen atoms in total. The number of nitro groups is 1. The Balaban J connectivity index is 1.78. The molecule has 0 atom stereocenters. The zero-order valence-electron chi connectivity index (χ0n) is 13.9. The molecule has 0 fully saturated rings. The van der Waals surface area contributed by atoms with Crippen molar-refractivity contribution in [2.75, 3.05) is 6.54 Å². The summed E-state index contributed by atoms with van der Waals surface area (Å²) in [6, 6.07) is 13.5. The van der Waals surface area contributed by atoms with Gasteiger partial charge in [0.25, 0.3) is 11.6 Å². The minimum atomic E-state index is -0.474. The second-order valence-electron chi connectivity index (χ2n) is 5.72. The number of benzene rings is 1. The maximum Gasteiger partial charge on any atom is 0.269 e. The van der Waals surface area contributed by atoms with E-state index in [-0.39, 0.29) is 11.6 Å². The van der Waals surface area contributed by atoms with Crippen molar-refractivity contribution in [1.82, 2.24) is 9.88 Å². The number of aromatic nitrogens is 1. The van der Waals surface area contributed by atoms with Crippen LogP contribution in [-0.2, 0) is 13.0 Å². The molecule has 0 spiro atoms. The molecule has 1 aromatic carbocycles. The summed E-state index contributed by atoms with van der Waals surface area (Å²) < 4.78 is 0. The van der Waals surface area contributed by atoms with Gasteiger partial charge in [-0.1, -0.05) is 12.1 Å². The number of thiophene rings is 1. The summed E-state index contributed by atoms with van der Waals surface area (Å²) in [5, 5.41) is 12.8. The van der Waals surface area contributed by atoms with Crippen molar-refractivity contribution in [2.24, 2.45) is 0 Å². The van der Waals surface area contributed by atoms with Crippen molar-refractivity contribution in [3.63, 3.8) is 0 Å². The Bertz CT molecular complexity index is 865. The fourth-order valence-corrected chi connectivity index (χ4v) is 3.27. The number of hydrogen-bond donors (Lipinski definition) is 0. The number of carbonyl (C=O) groups excluding carboxylic acids is 1. The van der Waals surface area contributed by atoms with E-state index in [0.717, 1.165) is 12.0 Å². The zero-order chi connectivity index (χ0) is 18.4. The predicted octanol–water partition coefficient (Wildman–Crippen LogP) is 3.94. The van der Waals surface area contributed by atoms with Gasteiger partial charge in [0.15, 0.2) is 0 Å². The number of pyridine rings is 1. The summed E-state index contributed by atoms with van der Waals surface area (Å²) in [6.45, 7) is 1.00. The summed E-state index contributed by atoms with van der Waals surface area (Å²) in [5.41, 5.74) is 1.35. The molecule has 0 aliphatic rings. The third kappa shape index (κ3) is 4.52. The van der Waals surface area contributed by atoms with Crippen LogP contribution in [0.5, 0.6) is 0 Å². The lowest BCUT2D eigenvalue weighted by atomic mass is 10.1. The number of amides is 1. The summed E-state index contributed by atoms with van der Waals surface area (Å²) >= 11 is 1.66. The molecule has 0 unspecified atom stereocenters. The van der Waals surface area contributed by atoms with E-state index in [2.05, 4.69) is 4.98 Å². The van der Waals surface area contributed by atoms with Crippen molar-refractivity contribution in [3.8, 4) is 0 Å². The fourth-order valence-electron chi connectivity index (χ4n) is 2.57. The van der Waals surface area contributed by atoms with E-state index in [9.17, 15) is 14.9 Å². The molecule has 132 valence electrons. The lowest BCUT2D eigenvalue weighted by Gasteiger charge is -2.22. The summed E-state index contributed by atoms with van der Waals surface area (Å²) in [7, 11) is 0.